The van der Waals surface area contributed by atoms with Crippen LogP contribution in [-0.4, -0.2) is 25.1 Å². The summed E-state index contributed by atoms with van der Waals surface area (Å²) in [4.78, 5) is 0. The Labute approximate surface area is 84.6 Å². The molecule has 0 aliphatic carbocycles. The van der Waals surface area contributed by atoms with Crippen LogP contribution in [0.4, 0.5) is 5.95 Å². The Balaban J connectivity index is 2.64. The highest BCUT2D eigenvalue weighted by Gasteiger charge is 2.15. The van der Waals surface area contributed by atoms with E-state index < -0.39 is 0 Å². The molecule has 78 valence electrons. The fraction of sp³-hybridized carbons (Fsp3) is 0. The van der Waals surface area contributed by atoms with Gasteiger partial charge in [0.2, 0.25) is 5.95 Å². The van der Waals surface area contributed by atoms with Crippen LogP contribution in [0.5, 0.6) is 11.5 Å². The van der Waals surface area contributed by atoms with Gasteiger partial charge in [-0.05, 0) is 12.1 Å². The smallest absolute Gasteiger partial charge is 0.241 e. The molecule has 1 heterocycles. The monoisotopic (exact) mass is 207 g/mol. The van der Waals surface area contributed by atoms with Crippen LogP contribution in [0.2, 0.25) is 0 Å². The lowest BCUT2D eigenvalue weighted by molar-refractivity contribution is 0.405. The summed E-state index contributed by atoms with van der Waals surface area (Å²) >= 11 is 0. The van der Waals surface area contributed by atoms with Gasteiger partial charge >= 0.3 is 0 Å². The summed E-state index contributed by atoms with van der Waals surface area (Å²) < 4.78 is 1.02. The first kappa shape index (κ1) is 9.13. The summed E-state index contributed by atoms with van der Waals surface area (Å²) in [5, 5.41) is 26.1. The Bertz CT molecular complexity index is 508. The van der Waals surface area contributed by atoms with Crippen LogP contribution < -0.4 is 11.6 Å². The third kappa shape index (κ3) is 1.30. The highest BCUT2D eigenvalue weighted by molar-refractivity contribution is 5.68. The Morgan fingerprint density at radius 3 is 2.53 bits per heavy atom. The van der Waals surface area contributed by atoms with Crippen LogP contribution in [0.3, 0.4) is 0 Å². The molecular weight excluding hydrogens is 198 g/mol. The van der Waals surface area contributed by atoms with E-state index in [1.54, 1.807) is 12.1 Å². The van der Waals surface area contributed by atoms with Crippen molar-refractivity contribution in [2.45, 2.75) is 0 Å². The van der Waals surface area contributed by atoms with Crippen molar-refractivity contribution in [3.63, 3.8) is 0 Å². The largest absolute Gasteiger partial charge is 0.504 e. The van der Waals surface area contributed by atoms with E-state index in [1.807, 2.05) is 0 Å². The number of aromatic hydroxyl groups is 2. The molecule has 0 atom stereocenters. The Hall–Kier alpha value is -2.44. The zero-order chi connectivity index (χ0) is 11.0. The number of nitrogen functional groups attached to an aromatic ring is 2. The highest BCUT2D eigenvalue weighted by Crippen LogP contribution is 2.34. The zero-order valence-corrected chi connectivity index (χ0v) is 7.62. The lowest BCUT2D eigenvalue weighted by Crippen LogP contribution is -2.13. The topological polar surface area (TPSA) is 123 Å². The van der Waals surface area contributed by atoms with Crippen molar-refractivity contribution < 1.29 is 10.2 Å². The van der Waals surface area contributed by atoms with Crippen molar-refractivity contribution in [3.8, 4) is 22.9 Å². The third-order valence-electron chi connectivity index (χ3n) is 1.98. The fourth-order valence-corrected chi connectivity index (χ4v) is 1.20. The molecule has 0 amide bonds. The Morgan fingerprint density at radius 1 is 1.20 bits per heavy atom. The summed E-state index contributed by atoms with van der Waals surface area (Å²) in [6, 6.07) is 4.44. The minimum Gasteiger partial charge on any atom is -0.504 e. The van der Waals surface area contributed by atoms with Gasteiger partial charge in [0.15, 0.2) is 17.3 Å². The highest BCUT2D eigenvalue weighted by atomic mass is 16.3. The molecule has 0 saturated heterocycles. The van der Waals surface area contributed by atoms with Gasteiger partial charge in [-0.1, -0.05) is 6.07 Å². The predicted octanol–water partition coefficient (Wildman–Crippen LogP) is -0.348. The van der Waals surface area contributed by atoms with Gasteiger partial charge in [0.1, 0.15) is 0 Å². The molecule has 1 aromatic heterocycles. The molecule has 0 aliphatic heterocycles. The molecule has 7 heteroatoms. The first-order valence-electron chi connectivity index (χ1n) is 4.08. The number of benzene rings is 1. The first-order chi connectivity index (χ1) is 7.11. The average Bonchev–Trinajstić information content (AvgIpc) is 2.53. The van der Waals surface area contributed by atoms with Crippen molar-refractivity contribution >= 4 is 5.95 Å². The number of phenols is 2. The number of hydrogen-bond donors (Lipinski definition) is 4. The minimum absolute atomic E-state index is 0.0211. The van der Waals surface area contributed by atoms with Crippen LogP contribution in [0.15, 0.2) is 18.2 Å². The first-order valence-corrected chi connectivity index (χ1v) is 4.08. The molecule has 2 rings (SSSR count). The number of anilines is 1. The van der Waals surface area contributed by atoms with Gasteiger partial charge in [0.25, 0.3) is 0 Å². The molecule has 15 heavy (non-hydrogen) atoms. The van der Waals surface area contributed by atoms with Gasteiger partial charge in [0, 0.05) is 0 Å². The second-order valence-corrected chi connectivity index (χ2v) is 2.93. The van der Waals surface area contributed by atoms with Crippen molar-refractivity contribution in [3.05, 3.63) is 18.2 Å². The molecule has 7 nitrogen and oxygen atoms in total. The predicted molar refractivity (Wildman–Crippen MR) is 53.4 cm³/mol. The van der Waals surface area contributed by atoms with Crippen molar-refractivity contribution in [2.24, 2.45) is 0 Å². The summed E-state index contributed by atoms with van der Waals surface area (Å²) in [7, 11) is 0. The number of nitrogens with two attached hydrogens (primary N) is 2. The van der Waals surface area contributed by atoms with E-state index in [0.717, 1.165) is 4.68 Å². The van der Waals surface area contributed by atoms with E-state index in [0.29, 0.717) is 0 Å². The number of hydrogen-bond acceptors (Lipinski definition) is 6. The summed E-state index contributed by atoms with van der Waals surface area (Å²) in [5.41, 5.74) is 5.65. The summed E-state index contributed by atoms with van der Waals surface area (Å²) in [5.74, 6) is 5.17. The molecule has 0 unspecified atom stereocenters. The average molecular weight is 207 g/mol. The molecular formula is C8H9N5O2. The lowest BCUT2D eigenvalue weighted by Gasteiger charge is -2.04. The van der Waals surface area contributed by atoms with Crippen LogP contribution in [0.25, 0.3) is 11.4 Å². The molecule has 0 bridgehead atoms. The number of nitrogens with zero attached hydrogens (tertiary/aromatic N) is 3. The van der Waals surface area contributed by atoms with Crippen molar-refractivity contribution in [1.82, 2.24) is 14.9 Å². The van der Waals surface area contributed by atoms with Crippen LogP contribution >= 0.6 is 0 Å². The maximum absolute atomic E-state index is 9.56. The Kier molecular flexibility index (Phi) is 1.86. The number of rotatable bonds is 1. The van der Waals surface area contributed by atoms with Crippen LogP contribution in [0, 0.1) is 0 Å². The summed E-state index contributed by atoms with van der Waals surface area (Å²) in [6.45, 7) is 0. The molecule has 2 aromatic rings. The number of aromatic nitrogens is 3. The Morgan fingerprint density at radius 2 is 1.93 bits per heavy atom. The minimum atomic E-state index is -0.309. The van der Waals surface area contributed by atoms with E-state index in [-0.39, 0.29) is 28.8 Å². The van der Waals surface area contributed by atoms with Crippen molar-refractivity contribution in [2.75, 3.05) is 11.6 Å². The van der Waals surface area contributed by atoms with Gasteiger partial charge in [-0.3, -0.25) is 0 Å². The molecule has 0 spiro atoms. The SMILES string of the molecule is Nc1nnc(-c2cccc(O)c2O)n1N. The van der Waals surface area contributed by atoms with E-state index >= 15 is 0 Å². The van der Waals surface area contributed by atoms with Gasteiger partial charge in [-0.25, -0.2) is 4.68 Å². The zero-order valence-electron chi connectivity index (χ0n) is 7.62. The molecule has 0 fully saturated rings. The second kappa shape index (κ2) is 3.05. The second-order valence-electron chi connectivity index (χ2n) is 2.93. The maximum atomic E-state index is 9.56. The molecule has 0 aliphatic rings. The lowest BCUT2D eigenvalue weighted by atomic mass is 10.2. The number of para-hydroxylation sites is 1. The van der Waals surface area contributed by atoms with Gasteiger partial charge in [0.05, 0.1) is 5.56 Å². The van der Waals surface area contributed by atoms with Crippen molar-refractivity contribution in [1.29, 1.82) is 0 Å². The van der Waals surface area contributed by atoms with Gasteiger partial charge in [-0.15, -0.1) is 10.2 Å². The number of phenolic OH excluding ortho intramolecular Hbond substituents is 2. The van der Waals surface area contributed by atoms with Gasteiger partial charge < -0.3 is 21.8 Å². The normalized spacial score (nSPS) is 10.4. The van der Waals surface area contributed by atoms with E-state index in [4.69, 9.17) is 11.6 Å². The third-order valence-corrected chi connectivity index (χ3v) is 1.98. The van der Waals surface area contributed by atoms with Gasteiger partial charge in [-0.2, -0.15) is 0 Å². The molecule has 1 aromatic carbocycles. The quantitative estimate of drug-likeness (QED) is 0.374. The standard InChI is InChI=1S/C8H9N5O2/c9-8-12-11-7(13(8)10)4-2-1-3-5(14)6(4)15/h1-3,14-15H,10H2,(H2,9,12). The van der Waals surface area contributed by atoms with E-state index in [2.05, 4.69) is 10.2 Å². The van der Waals surface area contributed by atoms with Crippen LogP contribution in [0.1, 0.15) is 0 Å². The summed E-state index contributed by atoms with van der Waals surface area (Å²) in [6.07, 6.45) is 0. The van der Waals surface area contributed by atoms with Crippen LogP contribution in [-0.2, 0) is 0 Å². The molecule has 0 radical (unpaired) electrons. The fourth-order valence-electron chi connectivity index (χ4n) is 1.20. The maximum Gasteiger partial charge on any atom is 0.241 e. The van der Waals surface area contributed by atoms with E-state index in [9.17, 15) is 10.2 Å². The molecule has 0 saturated carbocycles. The van der Waals surface area contributed by atoms with E-state index in [1.165, 1.54) is 6.07 Å². The molecule has 6 N–H and O–H groups in total.